The van der Waals surface area contributed by atoms with Crippen molar-refractivity contribution in [2.24, 2.45) is 7.05 Å². The summed E-state index contributed by atoms with van der Waals surface area (Å²) in [5.41, 5.74) is 1.11. The van der Waals surface area contributed by atoms with Crippen LogP contribution in [0.4, 0.5) is 0 Å². The van der Waals surface area contributed by atoms with E-state index in [2.05, 4.69) is 10.4 Å². The maximum absolute atomic E-state index is 11.1. The second-order valence-electron chi connectivity index (χ2n) is 3.18. The summed E-state index contributed by atoms with van der Waals surface area (Å²) in [5, 5.41) is 6.29. The molecule has 1 unspecified atom stereocenters. The fraction of sp³-hybridized carbons (Fsp3) is 0.556. The number of halogens is 1. The highest BCUT2D eigenvalue weighted by atomic mass is 35.5. The number of aryl methyl sites for hydroxylation is 1. The number of carbonyl (C=O) groups is 1. The Hall–Kier alpha value is -1.03. The van der Waals surface area contributed by atoms with Gasteiger partial charge >= 0.3 is 0 Å². The molecule has 1 amide bonds. The first-order valence-corrected chi connectivity index (χ1v) is 4.92. The van der Waals surface area contributed by atoms with Crippen molar-refractivity contribution in [1.82, 2.24) is 15.1 Å². The number of aromatic nitrogens is 2. The maximum Gasteiger partial charge on any atom is 0.237 e. The second-order valence-corrected chi connectivity index (χ2v) is 3.83. The molecule has 5 heteroatoms. The Kier molecular flexibility index (Phi) is 3.95. The monoisotopic (exact) mass is 215 g/mol. The van der Waals surface area contributed by atoms with Crippen molar-refractivity contribution in [1.29, 1.82) is 0 Å². The highest BCUT2D eigenvalue weighted by Gasteiger charge is 2.07. The Balaban J connectivity index is 2.25. The first kappa shape index (κ1) is 11.0. The van der Waals surface area contributed by atoms with Crippen LogP contribution in [-0.2, 0) is 18.3 Å². The van der Waals surface area contributed by atoms with Crippen LogP contribution in [0, 0.1) is 0 Å². The normalized spacial score (nSPS) is 12.5. The van der Waals surface area contributed by atoms with Gasteiger partial charge in [-0.2, -0.15) is 5.10 Å². The Morgan fingerprint density at radius 3 is 3.00 bits per heavy atom. The lowest BCUT2D eigenvalue weighted by atomic mass is 10.2. The van der Waals surface area contributed by atoms with E-state index in [-0.39, 0.29) is 5.91 Å². The van der Waals surface area contributed by atoms with Crippen molar-refractivity contribution in [3.05, 3.63) is 18.0 Å². The molecular weight excluding hydrogens is 202 g/mol. The molecule has 1 rings (SSSR count). The van der Waals surface area contributed by atoms with Crippen molar-refractivity contribution in [2.45, 2.75) is 18.7 Å². The molecule has 0 bridgehead atoms. The summed E-state index contributed by atoms with van der Waals surface area (Å²) >= 11 is 5.59. The number of rotatable bonds is 4. The minimum Gasteiger partial charge on any atom is -0.354 e. The zero-order valence-electron chi connectivity index (χ0n) is 8.33. The van der Waals surface area contributed by atoms with Gasteiger partial charge in [0, 0.05) is 19.8 Å². The van der Waals surface area contributed by atoms with Crippen LogP contribution in [0.1, 0.15) is 12.5 Å². The minimum atomic E-state index is -0.469. The van der Waals surface area contributed by atoms with Crippen LogP contribution in [0.25, 0.3) is 0 Å². The van der Waals surface area contributed by atoms with E-state index in [1.54, 1.807) is 17.8 Å². The molecule has 0 aliphatic carbocycles. The average Bonchev–Trinajstić information content (AvgIpc) is 2.51. The number of amides is 1. The molecule has 14 heavy (non-hydrogen) atoms. The van der Waals surface area contributed by atoms with Gasteiger partial charge in [0.1, 0.15) is 5.38 Å². The van der Waals surface area contributed by atoms with Gasteiger partial charge in [0.05, 0.1) is 6.20 Å². The largest absolute Gasteiger partial charge is 0.354 e. The highest BCUT2D eigenvalue weighted by Crippen LogP contribution is 1.97. The van der Waals surface area contributed by atoms with Crippen LogP contribution in [0.15, 0.2) is 12.4 Å². The molecule has 78 valence electrons. The number of hydrogen-bond donors (Lipinski definition) is 1. The van der Waals surface area contributed by atoms with E-state index in [4.69, 9.17) is 11.6 Å². The molecule has 0 aliphatic heterocycles. The molecule has 0 spiro atoms. The maximum atomic E-state index is 11.1. The first-order valence-electron chi connectivity index (χ1n) is 4.49. The topological polar surface area (TPSA) is 46.9 Å². The van der Waals surface area contributed by atoms with Crippen LogP contribution < -0.4 is 5.32 Å². The van der Waals surface area contributed by atoms with Crippen molar-refractivity contribution in [2.75, 3.05) is 6.54 Å². The minimum absolute atomic E-state index is 0.129. The van der Waals surface area contributed by atoms with E-state index in [1.807, 2.05) is 13.2 Å². The van der Waals surface area contributed by atoms with E-state index in [0.717, 1.165) is 12.0 Å². The summed E-state index contributed by atoms with van der Waals surface area (Å²) in [6.07, 6.45) is 4.50. The molecule has 1 heterocycles. The fourth-order valence-corrected chi connectivity index (χ4v) is 1.15. The SMILES string of the molecule is CC(Cl)C(=O)NCCc1cnn(C)c1. The lowest BCUT2D eigenvalue weighted by Crippen LogP contribution is -2.31. The van der Waals surface area contributed by atoms with Crippen LogP contribution in [0.3, 0.4) is 0 Å². The lowest BCUT2D eigenvalue weighted by molar-refractivity contribution is -0.120. The summed E-state index contributed by atoms with van der Waals surface area (Å²) in [5.74, 6) is -0.129. The lowest BCUT2D eigenvalue weighted by Gasteiger charge is -2.04. The molecule has 1 aromatic rings. The number of hydrogen-bond acceptors (Lipinski definition) is 2. The van der Waals surface area contributed by atoms with Crippen molar-refractivity contribution < 1.29 is 4.79 Å². The van der Waals surface area contributed by atoms with Gasteiger partial charge in [-0.25, -0.2) is 0 Å². The molecule has 1 atom stereocenters. The molecule has 0 radical (unpaired) electrons. The molecule has 0 aliphatic rings. The molecule has 1 aromatic heterocycles. The highest BCUT2D eigenvalue weighted by molar-refractivity contribution is 6.30. The molecule has 0 aromatic carbocycles. The Morgan fingerprint density at radius 2 is 2.50 bits per heavy atom. The third-order valence-electron chi connectivity index (χ3n) is 1.83. The van der Waals surface area contributed by atoms with E-state index in [9.17, 15) is 4.79 Å². The van der Waals surface area contributed by atoms with Crippen LogP contribution in [0.5, 0.6) is 0 Å². The van der Waals surface area contributed by atoms with Gasteiger partial charge in [-0.3, -0.25) is 9.48 Å². The number of carbonyl (C=O) groups excluding carboxylic acids is 1. The van der Waals surface area contributed by atoms with Gasteiger partial charge in [-0.15, -0.1) is 11.6 Å². The number of alkyl halides is 1. The number of nitrogens with zero attached hydrogens (tertiary/aromatic N) is 2. The summed E-state index contributed by atoms with van der Waals surface area (Å²) in [7, 11) is 1.86. The fourth-order valence-electron chi connectivity index (χ4n) is 1.07. The van der Waals surface area contributed by atoms with E-state index in [0.29, 0.717) is 6.54 Å². The van der Waals surface area contributed by atoms with Crippen LogP contribution in [-0.4, -0.2) is 27.6 Å². The quantitative estimate of drug-likeness (QED) is 0.752. The Bertz CT molecular complexity index is 309. The molecule has 4 nitrogen and oxygen atoms in total. The average molecular weight is 216 g/mol. The standard InChI is InChI=1S/C9H14ClN3O/c1-7(10)9(14)11-4-3-8-5-12-13(2)6-8/h5-7H,3-4H2,1-2H3,(H,11,14). The number of nitrogens with one attached hydrogen (secondary N) is 1. The third kappa shape index (κ3) is 3.38. The van der Waals surface area contributed by atoms with Crippen molar-refractivity contribution in [3.8, 4) is 0 Å². The van der Waals surface area contributed by atoms with Crippen molar-refractivity contribution >= 4 is 17.5 Å². The zero-order valence-corrected chi connectivity index (χ0v) is 9.08. The van der Waals surface area contributed by atoms with Crippen LogP contribution >= 0.6 is 11.6 Å². The van der Waals surface area contributed by atoms with Gasteiger partial charge in [0.2, 0.25) is 5.91 Å². The van der Waals surface area contributed by atoms with Crippen molar-refractivity contribution in [3.63, 3.8) is 0 Å². The molecule has 0 saturated carbocycles. The van der Waals surface area contributed by atoms with E-state index < -0.39 is 5.38 Å². The van der Waals surface area contributed by atoms with Gasteiger partial charge in [-0.1, -0.05) is 0 Å². The smallest absolute Gasteiger partial charge is 0.237 e. The summed E-state index contributed by atoms with van der Waals surface area (Å²) in [6, 6.07) is 0. The third-order valence-corrected chi connectivity index (χ3v) is 2.03. The summed E-state index contributed by atoms with van der Waals surface area (Å²) in [4.78, 5) is 11.1. The summed E-state index contributed by atoms with van der Waals surface area (Å²) in [6.45, 7) is 2.25. The van der Waals surface area contributed by atoms with Gasteiger partial charge in [0.25, 0.3) is 0 Å². The predicted molar refractivity (Wildman–Crippen MR) is 55.2 cm³/mol. The van der Waals surface area contributed by atoms with Gasteiger partial charge < -0.3 is 5.32 Å². The molecular formula is C9H14ClN3O. The zero-order chi connectivity index (χ0) is 10.6. The van der Waals surface area contributed by atoms with E-state index in [1.165, 1.54) is 0 Å². The molecule has 1 N–H and O–H groups in total. The second kappa shape index (κ2) is 5.00. The molecule has 0 fully saturated rings. The Morgan fingerprint density at radius 1 is 1.79 bits per heavy atom. The predicted octanol–water partition coefficient (Wildman–Crippen LogP) is 0.706. The summed E-state index contributed by atoms with van der Waals surface area (Å²) < 4.78 is 1.74. The van der Waals surface area contributed by atoms with E-state index >= 15 is 0 Å². The molecule has 0 saturated heterocycles. The first-order chi connectivity index (χ1) is 6.59. The Labute approximate surface area is 88.2 Å². The van der Waals surface area contributed by atoms with Gasteiger partial charge in [0.15, 0.2) is 0 Å². The van der Waals surface area contributed by atoms with Gasteiger partial charge in [-0.05, 0) is 18.9 Å². The van der Waals surface area contributed by atoms with Crippen LogP contribution in [0.2, 0.25) is 0 Å².